The maximum absolute atomic E-state index is 11.5. The van der Waals surface area contributed by atoms with E-state index >= 15 is 0 Å². The molecular formula is C12H17F3N4O3. The number of anilines is 1. The van der Waals surface area contributed by atoms with E-state index in [0.29, 0.717) is 6.42 Å². The number of likely N-dealkylation sites (tertiary alicyclic amines) is 1. The molecule has 0 bridgehead atoms. The third-order valence-corrected chi connectivity index (χ3v) is 2.98. The molecule has 10 heteroatoms. The molecule has 1 unspecified atom stereocenters. The molecule has 124 valence electrons. The second kappa shape index (κ2) is 7.14. The Morgan fingerprint density at radius 3 is 2.45 bits per heavy atom. The van der Waals surface area contributed by atoms with E-state index in [2.05, 4.69) is 10.4 Å². The van der Waals surface area contributed by atoms with Gasteiger partial charge in [0.25, 0.3) is 0 Å². The number of nitrogens with one attached hydrogen (secondary N) is 1. The molecule has 0 aliphatic carbocycles. The van der Waals surface area contributed by atoms with E-state index in [9.17, 15) is 18.0 Å². The summed E-state index contributed by atoms with van der Waals surface area (Å²) >= 11 is 0. The summed E-state index contributed by atoms with van der Waals surface area (Å²) in [6.45, 7) is 0.830. The molecule has 22 heavy (non-hydrogen) atoms. The number of aromatic nitrogens is 2. The van der Waals surface area contributed by atoms with Gasteiger partial charge in [-0.2, -0.15) is 18.3 Å². The van der Waals surface area contributed by atoms with E-state index in [1.165, 1.54) is 0 Å². The van der Waals surface area contributed by atoms with Gasteiger partial charge in [0, 0.05) is 39.3 Å². The third kappa shape index (κ3) is 5.62. The number of rotatable bonds is 2. The Morgan fingerprint density at radius 2 is 2.05 bits per heavy atom. The number of carbonyl (C=O) groups is 2. The van der Waals surface area contributed by atoms with Crippen molar-refractivity contribution in [2.24, 2.45) is 7.05 Å². The molecule has 1 aliphatic heterocycles. The summed E-state index contributed by atoms with van der Waals surface area (Å²) in [4.78, 5) is 22.1. The highest BCUT2D eigenvalue weighted by molar-refractivity contribution is 5.77. The summed E-state index contributed by atoms with van der Waals surface area (Å²) in [7, 11) is 3.73. The molecule has 7 nitrogen and oxygen atoms in total. The SMILES string of the molecule is CN1CCC(Nc2cnn(C)c2)CC1=O.O=C(O)C(F)(F)F. The topological polar surface area (TPSA) is 87.5 Å². The van der Waals surface area contributed by atoms with Crippen molar-refractivity contribution < 1.29 is 27.9 Å². The number of carbonyl (C=O) groups excluding carboxylic acids is 1. The van der Waals surface area contributed by atoms with Crippen LogP contribution in [0.4, 0.5) is 18.9 Å². The van der Waals surface area contributed by atoms with Crippen LogP contribution in [-0.2, 0) is 16.6 Å². The molecular weight excluding hydrogens is 305 g/mol. The van der Waals surface area contributed by atoms with Crippen LogP contribution in [-0.4, -0.2) is 57.5 Å². The van der Waals surface area contributed by atoms with E-state index in [1.807, 2.05) is 20.3 Å². The Bertz CT molecular complexity index is 530. The zero-order valence-corrected chi connectivity index (χ0v) is 12.1. The van der Waals surface area contributed by atoms with E-state index < -0.39 is 12.1 Å². The summed E-state index contributed by atoms with van der Waals surface area (Å²) in [6, 6.07) is 0.248. The fourth-order valence-electron chi connectivity index (χ4n) is 1.80. The standard InChI is InChI=1S/C10H16N4O.C2HF3O2/c1-13-4-3-8(5-10(13)15)12-9-6-11-14(2)7-9;3-2(4,5)1(6)7/h6-8,12H,3-5H2,1-2H3;(H,6,7). The zero-order valence-electron chi connectivity index (χ0n) is 12.1. The Morgan fingerprint density at radius 1 is 1.45 bits per heavy atom. The van der Waals surface area contributed by atoms with Gasteiger partial charge in [0.2, 0.25) is 5.91 Å². The summed E-state index contributed by atoms with van der Waals surface area (Å²) in [5, 5.41) is 14.5. The summed E-state index contributed by atoms with van der Waals surface area (Å²) in [5.74, 6) is -2.55. The number of aliphatic carboxylic acids is 1. The quantitative estimate of drug-likeness (QED) is 0.851. The number of hydrogen-bond donors (Lipinski definition) is 2. The predicted octanol–water partition coefficient (Wildman–Crippen LogP) is 1.09. The number of nitrogens with zero attached hydrogens (tertiary/aromatic N) is 3. The first-order valence-corrected chi connectivity index (χ1v) is 6.39. The first-order valence-electron chi connectivity index (χ1n) is 6.39. The van der Waals surface area contributed by atoms with Gasteiger partial charge in [-0.1, -0.05) is 0 Å². The van der Waals surface area contributed by atoms with Gasteiger partial charge in [-0.05, 0) is 6.42 Å². The van der Waals surface area contributed by atoms with Gasteiger partial charge in [-0.3, -0.25) is 9.48 Å². The molecule has 1 aromatic heterocycles. The van der Waals surface area contributed by atoms with Gasteiger partial charge in [0.15, 0.2) is 0 Å². The van der Waals surface area contributed by atoms with Crippen molar-refractivity contribution in [3.63, 3.8) is 0 Å². The van der Waals surface area contributed by atoms with Crippen LogP contribution in [0.2, 0.25) is 0 Å². The van der Waals surface area contributed by atoms with Crippen LogP contribution in [0.5, 0.6) is 0 Å². The van der Waals surface area contributed by atoms with Crippen LogP contribution in [0.1, 0.15) is 12.8 Å². The van der Waals surface area contributed by atoms with Crippen LogP contribution in [0.15, 0.2) is 12.4 Å². The van der Waals surface area contributed by atoms with Crippen LogP contribution in [0.3, 0.4) is 0 Å². The zero-order chi connectivity index (χ0) is 16.9. The average Bonchev–Trinajstić information content (AvgIpc) is 2.79. The number of carboxylic acid groups (broad SMARTS) is 1. The molecule has 2 heterocycles. The summed E-state index contributed by atoms with van der Waals surface area (Å²) in [5.41, 5.74) is 0.986. The largest absolute Gasteiger partial charge is 0.490 e. The van der Waals surface area contributed by atoms with Crippen molar-refractivity contribution in [3.8, 4) is 0 Å². The van der Waals surface area contributed by atoms with Crippen LogP contribution in [0.25, 0.3) is 0 Å². The number of piperidine rings is 1. The number of carboxylic acids is 1. The second-order valence-electron chi connectivity index (χ2n) is 4.85. The fraction of sp³-hybridized carbons (Fsp3) is 0.583. The fourth-order valence-corrected chi connectivity index (χ4v) is 1.80. The Labute approximate surface area is 124 Å². The molecule has 2 rings (SSSR count). The predicted molar refractivity (Wildman–Crippen MR) is 71.2 cm³/mol. The number of hydrogen-bond acceptors (Lipinski definition) is 4. The number of aryl methyl sites for hydroxylation is 1. The van der Waals surface area contributed by atoms with Crippen molar-refractivity contribution >= 4 is 17.6 Å². The molecule has 1 amide bonds. The van der Waals surface area contributed by atoms with Crippen LogP contribution >= 0.6 is 0 Å². The third-order valence-electron chi connectivity index (χ3n) is 2.98. The molecule has 0 spiro atoms. The average molecular weight is 322 g/mol. The van der Waals surface area contributed by atoms with Crippen molar-refractivity contribution in [1.82, 2.24) is 14.7 Å². The molecule has 1 aromatic rings. The minimum absolute atomic E-state index is 0.211. The highest BCUT2D eigenvalue weighted by atomic mass is 19.4. The molecule has 1 aliphatic rings. The van der Waals surface area contributed by atoms with Gasteiger partial charge in [-0.25, -0.2) is 4.79 Å². The lowest BCUT2D eigenvalue weighted by Gasteiger charge is -2.29. The van der Waals surface area contributed by atoms with Crippen molar-refractivity contribution in [3.05, 3.63) is 12.4 Å². The normalized spacial score (nSPS) is 18.5. The van der Waals surface area contributed by atoms with Crippen molar-refractivity contribution in [1.29, 1.82) is 0 Å². The van der Waals surface area contributed by atoms with E-state index in [1.54, 1.807) is 15.8 Å². The number of amides is 1. The summed E-state index contributed by atoms with van der Waals surface area (Å²) in [6.07, 6.45) is 0.189. The lowest BCUT2D eigenvalue weighted by atomic mass is 10.0. The van der Waals surface area contributed by atoms with E-state index in [4.69, 9.17) is 9.90 Å². The number of halogens is 3. The Balaban J connectivity index is 0.000000295. The molecule has 0 radical (unpaired) electrons. The second-order valence-corrected chi connectivity index (χ2v) is 4.85. The first-order chi connectivity index (χ1) is 10.1. The molecule has 1 atom stereocenters. The van der Waals surface area contributed by atoms with Gasteiger partial charge in [0.05, 0.1) is 11.9 Å². The van der Waals surface area contributed by atoms with E-state index in [0.717, 1.165) is 18.7 Å². The first kappa shape index (κ1) is 17.8. The van der Waals surface area contributed by atoms with Gasteiger partial charge in [-0.15, -0.1) is 0 Å². The van der Waals surface area contributed by atoms with E-state index in [-0.39, 0.29) is 11.9 Å². The minimum atomic E-state index is -5.08. The molecule has 1 saturated heterocycles. The Kier molecular flexibility index (Phi) is 5.77. The lowest BCUT2D eigenvalue weighted by Crippen LogP contribution is -2.40. The molecule has 1 fully saturated rings. The monoisotopic (exact) mass is 322 g/mol. The highest BCUT2D eigenvalue weighted by Crippen LogP contribution is 2.15. The van der Waals surface area contributed by atoms with Gasteiger partial charge in [0.1, 0.15) is 0 Å². The maximum atomic E-state index is 11.5. The van der Waals surface area contributed by atoms with Gasteiger partial charge >= 0.3 is 12.1 Å². The molecule has 0 aromatic carbocycles. The summed E-state index contributed by atoms with van der Waals surface area (Å²) < 4.78 is 33.5. The van der Waals surface area contributed by atoms with Crippen molar-refractivity contribution in [2.45, 2.75) is 25.1 Å². The van der Waals surface area contributed by atoms with Crippen LogP contribution in [0, 0.1) is 0 Å². The molecule has 2 N–H and O–H groups in total. The van der Waals surface area contributed by atoms with Gasteiger partial charge < -0.3 is 15.3 Å². The van der Waals surface area contributed by atoms with Crippen LogP contribution < -0.4 is 5.32 Å². The van der Waals surface area contributed by atoms with Crippen molar-refractivity contribution in [2.75, 3.05) is 18.9 Å². The maximum Gasteiger partial charge on any atom is 0.490 e. The highest BCUT2D eigenvalue weighted by Gasteiger charge is 2.38. The number of alkyl halides is 3. The Hall–Kier alpha value is -2.26. The smallest absolute Gasteiger partial charge is 0.475 e. The minimum Gasteiger partial charge on any atom is -0.475 e. The molecule has 0 saturated carbocycles. The lowest BCUT2D eigenvalue weighted by molar-refractivity contribution is -0.192.